The van der Waals surface area contributed by atoms with Gasteiger partial charge in [-0.25, -0.2) is 0 Å². The molecule has 0 saturated carbocycles. The Bertz CT molecular complexity index is 465. The van der Waals surface area contributed by atoms with E-state index in [1.54, 1.807) is 7.11 Å². The second-order valence-electron chi connectivity index (χ2n) is 6.33. The molecular formula is C19H30N2O2. The molecule has 1 aromatic rings. The molecule has 0 spiro atoms. The summed E-state index contributed by atoms with van der Waals surface area (Å²) in [5, 5.41) is 3.41. The molecule has 0 radical (unpaired) electrons. The molecule has 1 aliphatic rings. The number of carbonyl (C=O) groups excluding carboxylic acids is 1. The van der Waals surface area contributed by atoms with E-state index in [2.05, 4.69) is 29.3 Å². The smallest absolute Gasteiger partial charge is 0.222 e. The highest BCUT2D eigenvalue weighted by Gasteiger charge is 2.21. The van der Waals surface area contributed by atoms with Crippen LogP contribution in [0.2, 0.25) is 0 Å². The Morgan fingerprint density at radius 2 is 1.96 bits per heavy atom. The summed E-state index contributed by atoms with van der Waals surface area (Å²) < 4.78 is 5.16. The molecular weight excluding hydrogens is 288 g/mol. The van der Waals surface area contributed by atoms with Gasteiger partial charge in [-0.1, -0.05) is 19.1 Å². The van der Waals surface area contributed by atoms with Crippen LogP contribution >= 0.6 is 0 Å². The van der Waals surface area contributed by atoms with E-state index in [9.17, 15) is 4.79 Å². The quantitative estimate of drug-likeness (QED) is 0.801. The van der Waals surface area contributed by atoms with Crippen LogP contribution in [0.3, 0.4) is 0 Å². The van der Waals surface area contributed by atoms with Crippen molar-refractivity contribution in [2.45, 2.75) is 39.0 Å². The van der Waals surface area contributed by atoms with Crippen LogP contribution in [0.1, 0.15) is 38.2 Å². The van der Waals surface area contributed by atoms with E-state index in [0.717, 1.165) is 63.5 Å². The fourth-order valence-electron chi connectivity index (χ4n) is 3.13. The summed E-state index contributed by atoms with van der Waals surface area (Å²) in [5.41, 5.74) is 1.27. The molecule has 0 bridgehead atoms. The summed E-state index contributed by atoms with van der Waals surface area (Å²) in [6.45, 7) is 6.12. The van der Waals surface area contributed by atoms with Gasteiger partial charge in [0.05, 0.1) is 7.11 Å². The summed E-state index contributed by atoms with van der Waals surface area (Å²) in [5.74, 6) is 1.93. The first-order chi connectivity index (χ1) is 11.2. The molecule has 2 rings (SSSR count). The number of carbonyl (C=O) groups is 1. The van der Waals surface area contributed by atoms with Gasteiger partial charge in [0.15, 0.2) is 0 Å². The number of aryl methyl sites for hydroxylation is 1. The number of amides is 1. The van der Waals surface area contributed by atoms with Crippen LogP contribution in [-0.4, -0.2) is 44.1 Å². The Kier molecular flexibility index (Phi) is 7.40. The van der Waals surface area contributed by atoms with Crippen molar-refractivity contribution in [1.82, 2.24) is 10.2 Å². The van der Waals surface area contributed by atoms with Gasteiger partial charge in [0.25, 0.3) is 0 Å². The van der Waals surface area contributed by atoms with Crippen molar-refractivity contribution < 1.29 is 9.53 Å². The van der Waals surface area contributed by atoms with Crippen LogP contribution in [0, 0.1) is 5.92 Å². The minimum atomic E-state index is 0.320. The largest absolute Gasteiger partial charge is 0.497 e. The number of likely N-dealkylation sites (tertiary alicyclic amines) is 1. The van der Waals surface area contributed by atoms with E-state index in [1.807, 2.05) is 12.1 Å². The predicted octanol–water partition coefficient (Wildman–Crippen LogP) is 2.87. The van der Waals surface area contributed by atoms with Crippen molar-refractivity contribution in [1.29, 1.82) is 0 Å². The Balaban J connectivity index is 1.65. The van der Waals surface area contributed by atoms with Crippen LogP contribution in [-0.2, 0) is 11.2 Å². The van der Waals surface area contributed by atoms with Crippen molar-refractivity contribution in [2.24, 2.45) is 5.92 Å². The zero-order valence-corrected chi connectivity index (χ0v) is 14.5. The number of benzene rings is 1. The predicted molar refractivity (Wildman–Crippen MR) is 93.8 cm³/mol. The first-order valence-electron chi connectivity index (χ1n) is 8.84. The van der Waals surface area contributed by atoms with Gasteiger partial charge < -0.3 is 15.0 Å². The lowest BCUT2D eigenvalue weighted by atomic mass is 9.96. The average molecular weight is 318 g/mol. The fraction of sp³-hybridized carbons (Fsp3) is 0.632. The highest BCUT2D eigenvalue weighted by Crippen LogP contribution is 2.18. The summed E-state index contributed by atoms with van der Waals surface area (Å²) >= 11 is 0. The third-order valence-corrected chi connectivity index (χ3v) is 4.67. The normalized spacial score (nSPS) is 15.7. The lowest BCUT2D eigenvalue weighted by Gasteiger charge is -2.32. The van der Waals surface area contributed by atoms with Gasteiger partial charge >= 0.3 is 0 Å². The maximum absolute atomic E-state index is 12.3. The van der Waals surface area contributed by atoms with Crippen LogP contribution in [0.15, 0.2) is 24.3 Å². The number of hydrogen-bond donors (Lipinski definition) is 1. The maximum atomic E-state index is 12.3. The molecule has 1 aromatic carbocycles. The summed E-state index contributed by atoms with van der Waals surface area (Å²) in [4.78, 5) is 14.4. The number of ether oxygens (including phenoxy) is 1. The van der Waals surface area contributed by atoms with Gasteiger partial charge in [-0.15, -0.1) is 0 Å². The van der Waals surface area contributed by atoms with Crippen LogP contribution in [0.5, 0.6) is 5.75 Å². The lowest BCUT2D eigenvalue weighted by Crippen LogP contribution is -2.40. The topological polar surface area (TPSA) is 41.6 Å². The molecule has 1 saturated heterocycles. The van der Waals surface area contributed by atoms with E-state index >= 15 is 0 Å². The highest BCUT2D eigenvalue weighted by atomic mass is 16.5. The average Bonchev–Trinajstić information content (AvgIpc) is 2.61. The monoisotopic (exact) mass is 318 g/mol. The van der Waals surface area contributed by atoms with Gasteiger partial charge in [-0.05, 0) is 62.4 Å². The van der Waals surface area contributed by atoms with Gasteiger partial charge in [0, 0.05) is 19.5 Å². The number of methoxy groups -OCH3 is 1. The molecule has 1 aliphatic heterocycles. The first kappa shape index (κ1) is 17.8. The highest BCUT2D eigenvalue weighted by molar-refractivity contribution is 5.76. The van der Waals surface area contributed by atoms with Crippen molar-refractivity contribution in [3.8, 4) is 5.75 Å². The fourth-order valence-corrected chi connectivity index (χ4v) is 3.13. The molecule has 23 heavy (non-hydrogen) atoms. The van der Waals surface area contributed by atoms with Gasteiger partial charge in [0.2, 0.25) is 5.91 Å². The number of piperidine rings is 1. The third-order valence-electron chi connectivity index (χ3n) is 4.67. The molecule has 1 amide bonds. The minimum absolute atomic E-state index is 0.320. The number of nitrogens with one attached hydrogen (secondary N) is 1. The van der Waals surface area contributed by atoms with E-state index in [0.29, 0.717) is 12.3 Å². The Hall–Kier alpha value is -1.55. The minimum Gasteiger partial charge on any atom is -0.497 e. The lowest BCUT2D eigenvalue weighted by molar-refractivity contribution is -0.132. The van der Waals surface area contributed by atoms with E-state index < -0.39 is 0 Å². The number of rotatable bonds is 8. The third kappa shape index (κ3) is 5.87. The van der Waals surface area contributed by atoms with Crippen molar-refractivity contribution in [3.63, 3.8) is 0 Å². The second kappa shape index (κ2) is 9.56. The van der Waals surface area contributed by atoms with Crippen LogP contribution in [0.25, 0.3) is 0 Å². The van der Waals surface area contributed by atoms with Crippen molar-refractivity contribution in [2.75, 3.05) is 33.3 Å². The van der Waals surface area contributed by atoms with E-state index in [1.165, 1.54) is 5.56 Å². The summed E-state index contributed by atoms with van der Waals surface area (Å²) in [6, 6.07) is 8.11. The SMILES string of the molecule is CCNCC1CCN(C(=O)CCCc2ccc(OC)cc2)CC1. The van der Waals surface area contributed by atoms with Gasteiger partial charge in [-0.3, -0.25) is 4.79 Å². The van der Waals surface area contributed by atoms with E-state index in [-0.39, 0.29) is 0 Å². The van der Waals surface area contributed by atoms with Gasteiger partial charge in [-0.2, -0.15) is 0 Å². The Morgan fingerprint density at radius 3 is 2.57 bits per heavy atom. The zero-order chi connectivity index (χ0) is 16.5. The molecule has 1 heterocycles. The molecule has 0 aromatic heterocycles. The van der Waals surface area contributed by atoms with Gasteiger partial charge in [0.1, 0.15) is 5.75 Å². The second-order valence-corrected chi connectivity index (χ2v) is 6.33. The van der Waals surface area contributed by atoms with Crippen LogP contribution < -0.4 is 10.1 Å². The summed E-state index contributed by atoms with van der Waals surface area (Å²) in [7, 11) is 1.68. The number of nitrogens with zero attached hydrogens (tertiary/aromatic N) is 1. The first-order valence-corrected chi connectivity index (χ1v) is 8.84. The maximum Gasteiger partial charge on any atom is 0.222 e. The van der Waals surface area contributed by atoms with Crippen molar-refractivity contribution in [3.05, 3.63) is 29.8 Å². The standard InChI is InChI=1S/C19H30N2O2/c1-3-20-15-17-11-13-21(14-12-17)19(22)6-4-5-16-7-9-18(23-2)10-8-16/h7-10,17,20H,3-6,11-15H2,1-2H3. The number of hydrogen-bond acceptors (Lipinski definition) is 3. The molecule has 4 nitrogen and oxygen atoms in total. The molecule has 1 N–H and O–H groups in total. The molecule has 0 aliphatic carbocycles. The zero-order valence-electron chi connectivity index (χ0n) is 14.5. The van der Waals surface area contributed by atoms with E-state index in [4.69, 9.17) is 4.74 Å². The molecule has 128 valence electrons. The summed E-state index contributed by atoms with van der Waals surface area (Å²) in [6.07, 6.45) is 4.80. The molecule has 0 atom stereocenters. The molecule has 0 unspecified atom stereocenters. The molecule has 4 heteroatoms. The Labute approximate surface area is 140 Å². The van der Waals surface area contributed by atoms with Crippen LogP contribution in [0.4, 0.5) is 0 Å². The molecule has 1 fully saturated rings. The Morgan fingerprint density at radius 1 is 1.26 bits per heavy atom. The van der Waals surface area contributed by atoms with Crippen molar-refractivity contribution >= 4 is 5.91 Å².